The van der Waals surface area contributed by atoms with Gasteiger partial charge in [0.2, 0.25) is 0 Å². The van der Waals surface area contributed by atoms with Crippen molar-refractivity contribution >= 4 is 21.7 Å². The topological polar surface area (TPSA) is 155 Å². The lowest BCUT2D eigenvalue weighted by Gasteiger charge is -2.04. The van der Waals surface area contributed by atoms with Crippen molar-refractivity contribution in [3.05, 3.63) is 40.2 Å². The summed E-state index contributed by atoms with van der Waals surface area (Å²) in [4.78, 5) is 12.8. The Kier molecular flexibility index (Phi) is 3.32. The molecule has 0 amide bonds. The van der Waals surface area contributed by atoms with E-state index in [-0.39, 0.29) is 16.3 Å². The van der Waals surface area contributed by atoms with Crippen molar-refractivity contribution in [2.24, 2.45) is 0 Å². The quantitative estimate of drug-likeness (QED) is 0.610. The van der Waals surface area contributed by atoms with Crippen molar-refractivity contribution in [2.75, 3.05) is 4.72 Å². The molecule has 0 aromatic carbocycles. The Balaban J connectivity index is 2.31. The van der Waals surface area contributed by atoms with Gasteiger partial charge in [-0.1, -0.05) is 0 Å². The van der Waals surface area contributed by atoms with Crippen molar-refractivity contribution in [1.82, 2.24) is 15.2 Å². The van der Waals surface area contributed by atoms with Gasteiger partial charge in [0.1, 0.15) is 16.5 Å². The zero-order valence-corrected chi connectivity index (χ0v) is 10.5. The van der Waals surface area contributed by atoms with Crippen LogP contribution in [0.1, 0.15) is 5.56 Å². The number of nitriles is 1. The zero-order chi connectivity index (χ0) is 14.8. The van der Waals surface area contributed by atoms with E-state index < -0.39 is 20.8 Å². The lowest BCUT2D eigenvalue weighted by molar-refractivity contribution is -0.389. The second-order valence-corrected chi connectivity index (χ2v) is 5.17. The molecule has 0 radical (unpaired) electrons. The van der Waals surface area contributed by atoms with Gasteiger partial charge in [0.25, 0.3) is 10.0 Å². The minimum atomic E-state index is -4.02. The number of aromatic amines is 1. The standard InChI is InChI=1S/C9H6N6O4S/c10-3-6-4-12-13-9(6)14-20(18,19)7-1-2-8(11-5-7)15(16)17/h1-2,4-5H,(H2,12,13,14). The van der Waals surface area contributed by atoms with Crippen molar-refractivity contribution in [3.8, 4) is 6.07 Å². The Labute approximate surface area is 112 Å². The molecule has 0 unspecified atom stereocenters. The molecule has 2 rings (SSSR count). The predicted molar refractivity (Wildman–Crippen MR) is 65.0 cm³/mol. The Hall–Kier alpha value is -3.00. The van der Waals surface area contributed by atoms with Crippen LogP contribution in [0.5, 0.6) is 0 Å². The Bertz CT molecular complexity index is 789. The number of nitro groups is 1. The highest BCUT2D eigenvalue weighted by Crippen LogP contribution is 2.17. The van der Waals surface area contributed by atoms with E-state index in [0.717, 1.165) is 24.5 Å². The first-order valence-corrected chi connectivity index (χ1v) is 6.49. The first-order chi connectivity index (χ1) is 9.44. The molecule has 0 atom stereocenters. The summed E-state index contributed by atoms with van der Waals surface area (Å²) < 4.78 is 26.0. The molecular weight excluding hydrogens is 288 g/mol. The molecule has 0 aliphatic carbocycles. The number of pyridine rings is 1. The molecule has 102 valence electrons. The predicted octanol–water partition coefficient (Wildman–Crippen LogP) is 0.385. The molecule has 0 aliphatic rings. The van der Waals surface area contributed by atoms with Gasteiger partial charge in [-0.15, -0.1) is 0 Å². The van der Waals surface area contributed by atoms with Gasteiger partial charge in [-0.2, -0.15) is 10.4 Å². The highest BCUT2D eigenvalue weighted by molar-refractivity contribution is 7.92. The molecule has 0 spiro atoms. The van der Waals surface area contributed by atoms with Crippen LogP contribution in [-0.2, 0) is 10.0 Å². The van der Waals surface area contributed by atoms with E-state index >= 15 is 0 Å². The van der Waals surface area contributed by atoms with Crippen molar-refractivity contribution in [2.45, 2.75) is 4.90 Å². The fourth-order valence-corrected chi connectivity index (χ4v) is 2.26. The van der Waals surface area contributed by atoms with Crippen LogP contribution in [0.25, 0.3) is 0 Å². The molecule has 0 fully saturated rings. The second kappa shape index (κ2) is 4.94. The second-order valence-electron chi connectivity index (χ2n) is 3.49. The highest BCUT2D eigenvalue weighted by Gasteiger charge is 2.20. The van der Waals surface area contributed by atoms with Gasteiger partial charge in [0, 0.05) is 6.07 Å². The van der Waals surface area contributed by atoms with Gasteiger partial charge in [-0.25, -0.2) is 8.42 Å². The number of nitrogens with one attached hydrogen (secondary N) is 2. The van der Waals surface area contributed by atoms with E-state index in [1.165, 1.54) is 0 Å². The molecule has 0 aliphatic heterocycles. The molecule has 11 heteroatoms. The van der Waals surface area contributed by atoms with Gasteiger partial charge < -0.3 is 10.1 Å². The van der Waals surface area contributed by atoms with Crippen LogP contribution in [0.4, 0.5) is 11.6 Å². The van der Waals surface area contributed by atoms with Crippen LogP contribution in [-0.4, -0.2) is 28.5 Å². The first-order valence-electron chi connectivity index (χ1n) is 5.01. The number of H-pyrrole nitrogens is 1. The van der Waals surface area contributed by atoms with Gasteiger partial charge in [0.15, 0.2) is 12.0 Å². The van der Waals surface area contributed by atoms with E-state index in [1.54, 1.807) is 6.07 Å². The van der Waals surface area contributed by atoms with Crippen LogP contribution < -0.4 is 4.72 Å². The van der Waals surface area contributed by atoms with E-state index in [0.29, 0.717) is 0 Å². The average Bonchev–Trinajstić information content (AvgIpc) is 2.85. The maximum Gasteiger partial charge on any atom is 0.363 e. The Morgan fingerprint density at radius 3 is 2.70 bits per heavy atom. The van der Waals surface area contributed by atoms with Gasteiger partial charge in [-0.05, 0) is 16.0 Å². The van der Waals surface area contributed by atoms with Crippen LogP contribution in [0.15, 0.2) is 29.4 Å². The number of anilines is 1. The number of nitrogens with zero attached hydrogens (tertiary/aromatic N) is 4. The van der Waals surface area contributed by atoms with Crippen molar-refractivity contribution in [1.29, 1.82) is 5.26 Å². The van der Waals surface area contributed by atoms with E-state index in [4.69, 9.17) is 5.26 Å². The fourth-order valence-electron chi connectivity index (χ4n) is 1.28. The highest BCUT2D eigenvalue weighted by atomic mass is 32.2. The normalized spacial score (nSPS) is 10.8. The van der Waals surface area contributed by atoms with Gasteiger partial charge in [0.05, 0.1) is 6.20 Å². The smallest absolute Gasteiger partial charge is 0.358 e. The van der Waals surface area contributed by atoms with E-state index in [9.17, 15) is 18.5 Å². The summed E-state index contributed by atoms with van der Waals surface area (Å²) in [6.45, 7) is 0. The summed E-state index contributed by atoms with van der Waals surface area (Å²) in [6.07, 6.45) is 2.01. The lowest BCUT2D eigenvalue weighted by Crippen LogP contribution is -2.14. The third-order valence-corrected chi connectivity index (χ3v) is 3.55. The number of aromatic nitrogens is 3. The third-order valence-electron chi connectivity index (χ3n) is 2.21. The largest absolute Gasteiger partial charge is 0.363 e. The SMILES string of the molecule is N#Cc1cn[nH]c1NS(=O)(=O)c1ccc([N+](=O)[O-])nc1. The van der Waals surface area contributed by atoms with Crippen LogP contribution in [0.3, 0.4) is 0 Å². The molecule has 2 aromatic rings. The van der Waals surface area contributed by atoms with Crippen molar-refractivity contribution in [3.63, 3.8) is 0 Å². The van der Waals surface area contributed by atoms with Crippen LogP contribution in [0, 0.1) is 21.4 Å². The van der Waals surface area contributed by atoms with Crippen molar-refractivity contribution < 1.29 is 13.3 Å². The number of rotatable bonds is 4. The number of hydrogen-bond acceptors (Lipinski definition) is 7. The lowest BCUT2D eigenvalue weighted by atomic mass is 10.4. The number of hydrogen-bond donors (Lipinski definition) is 2. The maximum absolute atomic E-state index is 12.0. The van der Waals surface area contributed by atoms with E-state index in [2.05, 4.69) is 19.9 Å². The summed E-state index contributed by atoms with van der Waals surface area (Å²) in [5.41, 5.74) is 0.0171. The van der Waals surface area contributed by atoms with E-state index in [1.807, 2.05) is 0 Å². The molecule has 2 heterocycles. The molecule has 2 aromatic heterocycles. The fraction of sp³-hybridized carbons (Fsp3) is 0. The average molecular weight is 294 g/mol. The summed E-state index contributed by atoms with van der Waals surface area (Å²) in [5.74, 6) is -0.561. The van der Waals surface area contributed by atoms with Gasteiger partial charge in [-0.3, -0.25) is 9.82 Å². The summed E-state index contributed by atoms with van der Waals surface area (Å²) in [6, 6.07) is 3.75. The minimum Gasteiger partial charge on any atom is -0.358 e. The van der Waals surface area contributed by atoms with Crippen LogP contribution in [0.2, 0.25) is 0 Å². The molecule has 0 bridgehead atoms. The molecule has 0 saturated carbocycles. The molecule has 0 saturated heterocycles. The zero-order valence-electron chi connectivity index (χ0n) is 9.64. The molecular formula is C9H6N6O4S. The Morgan fingerprint density at radius 2 is 2.15 bits per heavy atom. The van der Waals surface area contributed by atoms with Crippen LogP contribution >= 0.6 is 0 Å². The first kappa shape index (κ1) is 13.4. The molecule has 20 heavy (non-hydrogen) atoms. The summed E-state index contributed by atoms with van der Waals surface area (Å²) >= 11 is 0. The summed E-state index contributed by atoms with van der Waals surface area (Å²) in [5, 5.41) is 25.0. The third kappa shape index (κ3) is 2.54. The Morgan fingerprint density at radius 1 is 1.40 bits per heavy atom. The molecule has 2 N–H and O–H groups in total. The monoisotopic (exact) mass is 294 g/mol. The summed E-state index contributed by atoms with van der Waals surface area (Å²) in [7, 11) is -4.02. The molecule has 10 nitrogen and oxygen atoms in total. The van der Waals surface area contributed by atoms with Gasteiger partial charge >= 0.3 is 5.82 Å². The maximum atomic E-state index is 12.0. The minimum absolute atomic E-state index is 0.0171. The number of sulfonamides is 1.